The Hall–Kier alpha value is -2.21. The smallest absolute Gasteiger partial charge is 0.257 e. The first kappa shape index (κ1) is 12.5. The van der Waals surface area contributed by atoms with E-state index in [2.05, 4.69) is 15.5 Å². The van der Waals surface area contributed by atoms with Crippen LogP contribution in [-0.2, 0) is 7.05 Å². The number of aryl methyl sites for hydroxylation is 1. The molecule has 0 aliphatic heterocycles. The lowest BCUT2D eigenvalue weighted by Gasteiger charge is -2.03. The molecule has 2 heterocycles. The van der Waals surface area contributed by atoms with Crippen LogP contribution in [0.4, 0.5) is 5.13 Å². The van der Waals surface area contributed by atoms with Crippen LogP contribution in [0.15, 0.2) is 30.5 Å². The quantitative estimate of drug-likeness (QED) is 0.808. The van der Waals surface area contributed by atoms with Gasteiger partial charge < -0.3 is 4.57 Å². The Balaban J connectivity index is 1.58. The van der Waals surface area contributed by atoms with Gasteiger partial charge in [-0.25, -0.2) is 0 Å². The highest BCUT2D eigenvalue weighted by atomic mass is 32.1. The van der Waals surface area contributed by atoms with Gasteiger partial charge in [0.15, 0.2) is 0 Å². The predicted octanol–water partition coefficient (Wildman–Crippen LogP) is 3.16. The van der Waals surface area contributed by atoms with Crippen LogP contribution in [-0.4, -0.2) is 20.7 Å². The first-order chi connectivity index (χ1) is 10.2. The maximum atomic E-state index is 12.3. The van der Waals surface area contributed by atoms with E-state index in [1.165, 1.54) is 24.2 Å². The molecule has 1 aliphatic rings. The van der Waals surface area contributed by atoms with Crippen molar-refractivity contribution in [3.05, 3.63) is 41.0 Å². The first-order valence-electron chi connectivity index (χ1n) is 6.90. The molecule has 1 aliphatic carbocycles. The van der Waals surface area contributed by atoms with Crippen LogP contribution in [0, 0.1) is 0 Å². The second-order valence-electron chi connectivity index (χ2n) is 5.37. The molecule has 2 aromatic heterocycles. The van der Waals surface area contributed by atoms with Crippen LogP contribution in [0.2, 0.25) is 0 Å². The van der Waals surface area contributed by atoms with Crippen molar-refractivity contribution in [2.75, 3.05) is 5.32 Å². The van der Waals surface area contributed by atoms with Gasteiger partial charge in [-0.05, 0) is 36.4 Å². The van der Waals surface area contributed by atoms with Gasteiger partial charge in [-0.1, -0.05) is 17.4 Å². The number of carbonyl (C=O) groups excluding carboxylic acids is 1. The Kier molecular flexibility index (Phi) is 2.78. The number of amides is 1. The average molecular weight is 298 g/mol. The molecule has 5 nitrogen and oxygen atoms in total. The van der Waals surface area contributed by atoms with Gasteiger partial charge in [0, 0.05) is 30.2 Å². The molecule has 0 atom stereocenters. The Labute approximate surface area is 125 Å². The van der Waals surface area contributed by atoms with Gasteiger partial charge in [-0.15, -0.1) is 10.2 Å². The minimum atomic E-state index is -0.142. The minimum absolute atomic E-state index is 0.142. The number of hydrogen-bond acceptors (Lipinski definition) is 4. The van der Waals surface area contributed by atoms with Crippen molar-refractivity contribution in [2.45, 2.75) is 18.8 Å². The van der Waals surface area contributed by atoms with E-state index in [9.17, 15) is 4.79 Å². The van der Waals surface area contributed by atoms with Gasteiger partial charge in [0.2, 0.25) is 5.13 Å². The van der Waals surface area contributed by atoms with Crippen LogP contribution in [0.5, 0.6) is 0 Å². The zero-order valence-electron chi connectivity index (χ0n) is 11.5. The molecule has 3 aromatic rings. The molecule has 0 radical (unpaired) electrons. The zero-order valence-corrected chi connectivity index (χ0v) is 12.4. The summed E-state index contributed by atoms with van der Waals surface area (Å²) in [6, 6.07) is 7.72. The van der Waals surface area contributed by atoms with Crippen LogP contribution in [0.25, 0.3) is 10.9 Å². The van der Waals surface area contributed by atoms with Gasteiger partial charge in [-0.2, -0.15) is 0 Å². The lowest BCUT2D eigenvalue weighted by molar-refractivity contribution is 0.102. The topological polar surface area (TPSA) is 59.8 Å². The third kappa shape index (κ3) is 2.31. The lowest BCUT2D eigenvalue weighted by atomic mass is 10.1. The molecule has 1 saturated carbocycles. The number of nitrogens with one attached hydrogen (secondary N) is 1. The van der Waals surface area contributed by atoms with Crippen molar-refractivity contribution in [1.29, 1.82) is 0 Å². The first-order valence-corrected chi connectivity index (χ1v) is 7.72. The van der Waals surface area contributed by atoms with Gasteiger partial charge in [0.05, 0.1) is 0 Å². The number of carbonyl (C=O) groups is 1. The van der Waals surface area contributed by atoms with Crippen LogP contribution in [0.1, 0.15) is 34.1 Å². The van der Waals surface area contributed by atoms with E-state index in [-0.39, 0.29) is 5.91 Å². The summed E-state index contributed by atoms with van der Waals surface area (Å²) in [7, 11) is 1.97. The highest BCUT2D eigenvalue weighted by Crippen LogP contribution is 2.42. The Morgan fingerprint density at radius 3 is 3.00 bits per heavy atom. The number of fused-ring (bicyclic) bond motifs is 1. The summed E-state index contributed by atoms with van der Waals surface area (Å²) in [6.07, 6.45) is 4.36. The summed E-state index contributed by atoms with van der Waals surface area (Å²) in [5.41, 5.74) is 1.67. The van der Waals surface area contributed by atoms with Crippen molar-refractivity contribution in [3.63, 3.8) is 0 Å². The SMILES string of the molecule is Cn1ccc2ccc(C(=O)Nc3nnc(C4CC4)s3)cc21. The van der Waals surface area contributed by atoms with Crippen molar-refractivity contribution in [3.8, 4) is 0 Å². The molecular formula is C15H14N4OS. The number of hydrogen-bond donors (Lipinski definition) is 1. The number of nitrogens with zero attached hydrogens (tertiary/aromatic N) is 3. The lowest BCUT2D eigenvalue weighted by Crippen LogP contribution is -2.11. The molecule has 0 unspecified atom stereocenters. The normalized spacial score (nSPS) is 14.5. The largest absolute Gasteiger partial charge is 0.351 e. The maximum Gasteiger partial charge on any atom is 0.257 e. The van der Waals surface area contributed by atoms with Gasteiger partial charge in [0.25, 0.3) is 5.91 Å². The summed E-state index contributed by atoms with van der Waals surface area (Å²) in [5.74, 6) is 0.421. The van der Waals surface area contributed by atoms with E-state index >= 15 is 0 Å². The zero-order chi connectivity index (χ0) is 14.4. The van der Waals surface area contributed by atoms with Crippen molar-refractivity contribution >= 4 is 33.3 Å². The molecule has 106 valence electrons. The number of anilines is 1. The van der Waals surface area contributed by atoms with E-state index in [0.29, 0.717) is 16.6 Å². The molecule has 6 heteroatoms. The van der Waals surface area contributed by atoms with E-state index < -0.39 is 0 Å². The Morgan fingerprint density at radius 2 is 2.19 bits per heavy atom. The average Bonchev–Trinajstić information content (AvgIpc) is 3.14. The molecular weight excluding hydrogens is 284 g/mol. The van der Waals surface area contributed by atoms with Gasteiger partial charge >= 0.3 is 0 Å². The van der Waals surface area contributed by atoms with E-state index in [1.807, 2.05) is 42.1 Å². The Bertz CT molecular complexity index is 831. The molecule has 4 rings (SSSR count). The van der Waals surface area contributed by atoms with Crippen LogP contribution in [0.3, 0.4) is 0 Å². The monoisotopic (exact) mass is 298 g/mol. The summed E-state index contributed by atoms with van der Waals surface area (Å²) in [5, 5.41) is 13.7. The molecule has 21 heavy (non-hydrogen) atoms. The molecule has 1 fully saturated rings. The third-order valence-electron chi connectivity index (χ3n) is 3.74. The molecule has 1 N–H and O–H groups in total. The molecule has 1 amide bonds. The van der Waals surface area contributed by atoms with Crippen LogP contribution >= 0.6 is 11.3 Å². The van der Waals surface area contributed by atoms with E-state index in [1.54, 1.807) is 0 Å². The maximum absolute atomic E-state index is 12.3. The second kappa shape index (κ2) is 4.66. The predicted molar refractivity (Wildman–Crippen MR) is 82.8 cm³/mol. The highest BCUT2D eigenvalue weighted by Gasteiger charge is 2.27. The highest BCUT2D eigenvalue weighted by molar-refractivity contribution is 7.15. The molecule has 0 bridgehead atoms. The fraction of sp³-hybridized carbons (Fsp3) is 0.267. The summed E-state index contributed by atoms with van der Waals surface area (Å²) >= 11 is 1.48. The van der Waals surface area contributed by atoms with Gasteiger partial charge in [0.1, 0.15) is 5.01 Å². The number of rotatable bonds is 3. The minimum Gasteiger partial charge on any atom is -0.351 e. The molecule has 0 spiro atoms. The molecule has 1 aromatic carbocycles. The fourth-order valence-electron chi connectivity index (χ4n) is 2.35. The Morgan fingerprint density at radius 1 is 1.33 bits per heavy atom. The molecule has 0 saturated heterocycles. The van der Waals surface area contributed by atoms with Crippen molar-refractivity contribution < 1.29 is 4.79 Å². The van der Waals surface area contributed by atoms with Crippen molar-refractivity contribution in [1.82, 2.24) is 14.8 Å². The summed E-state index contributed by atoms with van der Waals surface area (Å²) < 4.78 is 2.00. The van der Waals surface area contributed by atoms with Gasteiger partial charge in [-0.3, -0.25) is 10.1 Å². The van der Waals surface area contributed by atoms with Crippen LogP contribution < -0.4 is 5.32 Å². The van der Waals surface area contributed by atoms with E-state index in [0.717, 1.165) is 15.9 Å². The second-order valence-corrected chi connectivity index (χ2v) is 6.38. The van der Waals surface area contributed by atoms with E-state index in [4.69, 9.17) is 0 Å². The van der Waals surface area contributed by atoms with Crippen molar-refractivity contribution in [2.24, 2.45) is 7.05 Å². The summed E-state index contributed by atoms with van der Waals surface area (Å²) in [4.78, 5) is 12.3. The number of aromatic nitrogens is 3. The fourth-order valence-corrected chi connectivity index (χ4v) is 3.26. The third-order valence-corrected chi connectivity index (χ3v) is 4.74. The summed E-state index contributed by atoms with van der Waals surface area (Å²) in [6.45, 7) is 0. The number of benzene rings is 1. The standard InChI is InChI=1S/C15H14N4OS/c1-19-7-6-9-2-5-11(8-12(9)19)13(20)16-15-18-17-14(21-15)10-3-4-10/h2,5-8,10H,3-4H2,1H3,(H,16,18,20).